The molecule has 2 aromatic heterocycles. The molecule has 0 amide bonds. The van der Waals surface area contributed by atoms with Gasteiger partial charge < -0.3 is 10.4 Å². The van der Waals surface area contributed by atoms with Crippen molar-refractivity contribution < 1.29 is 21.9 Å². The number of fused-ring (bicyclic) bond motifs is 1. The van der Waals surface area contributed by atoms with Crippen molar-refractivity contribution in [2.75, 3.05) is 16.3 Å². The summed E-state index contributed by atoms with van der Waals surface area (Å²) in [6, 6.07) is 7.59. The van der Waals surface area contributed by atoms with E-state index in [0.29, 0.717) is 11.4 Å². The van der Waals surface area contributed by atoms with E-state index in [0.717, 1.165) is 37.3 Å². The molecule has 1 saturated carbocycles. The van der Waals surface area contributed by atoms with Gasteiger partial charge in [0, 0.05) is 12.2 Å². The monoisotopic (exact) mass is 564 g/mol. The van der Waals surface area contributed by atoms with E-state index < -0.39 is 31.2 Å². The van der Waals surface area contributed by atoms with Gasteiger partial charge in [0.25, 0.3) is 5.56 Å². The molecule has 3 N–H and O–H groups in total. The second kappa shape index (κ2) is 9.95. The highest BCUT2D eigenvalue weighted by Gasteiger charge is 2.30. The molecule has 198 valence electrons. The second-order valence-electron chi connectivity index (χ2n) is 8.97. The van der Waals surface area contributed by atoms with Crippen LogP contribution in [0.3, 0.4) is 0 Å². The molecule has 2 aliphatic rings. The van der Waals surface area contributed by atoms with Crippen LogP contribution in [0, 0.1) is 5.92 Å². The second-order valence-corrected chi connectivity index (χ2v) is 13.4. The average molecular weight is 565 g/mol. The van der Waals surface area contributed by atoms with Gasteiger partial charge in [-0.3, -0.25) is 9.52 Å². The van der Waals surface area contributed by atoms with Gasteiger partial charge >= 0.3 is 0 Å². The lowest BCUT2D eigenvalue weighted by Crippen LogP contribution is -2.30. The van der Waals surface area contributed by atoms with Gasteiger partial charge in [-0.05, 0) is 48.4 Å². The van der Waals surface area contributed by atoms with Crippen LogP contribution in [0.4, 0.5) is 11.4 Å². The van der Waals surface area contributed by atoms with Gasteiger partial charge in [0.15, 0.2) is 5.75 Å². The third kappa shape index (κ3) is 5.43. The Kier molecular flexibility index (Phi) is 7.23. The van der Waals surface area contributed by atoms with Gasteiger partial charge in [0.1, 0.15) is 11.3 Å². The van der Waals surface area contributed by atoms with E-state index in [1.807, 2.05) is 5.38 Å². The van der Waals surface area contributed by atoms with Crippen LogP contribution in [0.1, 0.15) is 38.7 Å². The predicted octanol–water partition coefficient (Wildman–Crippen LogP) is 4.07. The molecule has 5 rings (SSSR count). The summed E-state index contributed by atoms with van der Waals surface area (Å²) in [5.74, 6) is -0.125. The van der Waals surface area contributed by atoms with Crippen molar-refractivity contribution in [2.45, 2.75) is 44.6 Å². The van der Waals surface area contributed by atoms with Crippen LogP contribution in [0.2, 0.25) is 0 Å². The van der Waals surface area contributed by atoms with Gasteiger partial charge in [0.2, 0.25) is 19.9 Å². The Labute approximate surface area is 219 Å². The fraction of sp³-hybridized carbons (Fsp3) is 0.333. The number of rotatable bonds is 6. The highest BCUT2D eigenvalue weighted by atomic mass is 32.2. The number of sulfonamides is 1. The number of aromatic nitrogens is 2. The lowest BCUT2D eigenvalue weighted by molar-refractivity contribution is 0.405. The first-order chi connectivity index (χ1) is 17.0. The van der Waals surface area contributed by atoms with Gasteiger partial charge in [-0.2, -0.15) is 5.10 Å². The molecule has 3 heterocycles. The maximum absolute atomic E-state index is 13.5. The predicted molar refractivity (Wildman–Crippen MR) is 146 cm³/mol. The zero-order valence-corrected chi connectivity index (χ0v) is 21.7. The first kappa shape index (κ1) is 26.9. The summed E-state index contributed by atoms with van der Waals surface area (Å²) in [5.41, 5.74) is -0.400. The summed E-state index contributed by atoms with van der Waals surface area (Å²) in [6.07, 6.45) is 5.09. The van der Waals surface area contributed by atoms with Crippen LogP contribution < -0.4 is 15.6 Å². The molecule has 1 aliphatic heterocycles. The van der Waals surface area contributed by atoms with Crippen molar-refractivity contribution in [3.8, 4) is 16.3 Å². The molecule has 1 aromatic carbocycles. The standard InChI is InChI=1S/C23H24N4O6S3.CH4/c1-35(30,31)26-15-8-9-16-19(11-15)36(32,33)13-17(24-16)20-22(28)21(18-7-4-10-34-18)25-27(23(20)29)12-14-5-2-3-6-14;/h4,7-11,13-14,24,26,28H,2-3,5-6,12H2,1H3;1H4. The van der Waals surface area contributed by atoms with Gasteiger partial charge in [0.05, 0.1) is 32.8 Å². The molecule has 0 spiro atoms. The molecule has 10 nitrogen and oxygen atoms in total. The Morgan fingerprint density at radius 1 is 1.24 bits per heavy atom. The summed E-state index contributed by atoms with van der Waals surface area (Å²) in [7, 11) is -7.70. The number of hydrogen-bond acceptors (Lipinski definition) is 9. The van der Waals surface area contributed by atoms with E-state index >= 15 is 0 Å². The lowest BCUT2D eigenvalue weighted by atomic mass is 10.1. The molecule has 13 heteroatoms. The van der Waals surface area contributed by atoms with Crippen molar-refractivity contribution in [3.05, 3.63) is 57.0 Å². The van der Waals surface area contributed by atoms with E-state index in [1.54, 1.807) is 12.1 Å². The molecule has 0 radical (unpaired) electrons. The third-order valence-electron chi connectivity index (χ3n) is 6.19. The van der Waals surface area contributed by atoms with Crippen LogP contribution in [0.5, 0.6) is 5.75 Å². The zero-order valence-electron chi connectivity index (χ0n) is 19.3. The number of nitrogens with zero attached hydrogens (tertiary/aromatic N) is 2. The van der Waals surface area contributed by atoms with Crippen LogP contribution in [-0.4, -0.2) is 38.0 Å². The maximum atomic E-state index is 13.5. The largest absolute Gasteiger partial charge is 0.505 e. The molecule has 0 saturated heterocycles. The Balaban J connectivity index is 0.00000320. The summed E-state index contributed by atoms with van der Waals surface area (Å²) < 4.78 is 53.1. The molecule has 1 aliphatic carbocycles. The molecular weight excluding hydrogens is 536 g/mol. The van der Waals surface area contributed by atoms with E-state index in [1.165, 1.54) is 34.2 Å². The summed E-state index contributed by atoms with van der Waals surface area (Å²) in [6.45, 7) is 0.377. The first-order valence-electron chi connectivity index (χ1n) is 11.3. The number of anilines is 2. The van der Waals surface area contributed by atoms with Gasteiger partial charge in [-0.25, -0.2) is 21.5 Å². The SMILES string of the molecule is C.CS(=O)(=O)Nc1ccc2c(c1)S(=O)(=O)C=C(c1c(O)c(-c3cccs3)nn(CC3CCCC3)c1=O)N2. The van der Waals surface area contributed by atoms with E-state index in [9.17, 15) is 26.7 Å². The van der Waals surface area contributed by atoms with Crippen LogP contribution in [0.25, 0.3) is 16.3 Å². The molecule has 1 fully saturated rings. The topological polar surface area (TPSA) is 147 Å². The normalized spacial score (nSPS) is 16.8. The minimum absolute atomic E-state index is 0. The van der Waals surface area contributed by atoms with Gasteiger partial charge in [-0.1, -0.05) is 26.3 Å². The molecule has 0 bridgehead atoms. The van der Waals surface area contributed by atoms with Crippen molar-refractivity contribution in [3.63, 3.8) is 0 Å². The van der Waals surface area contributed by atoms with Crippen molar-refractivity contribution in [2.24, 2.45) is 5.92 Å². The van der Waals surface area contributed by atoms with Crippen molar-refractivity contribution in [1.29, 1.82) is 0 Å². The highest BCUT2D eigenvalue weighted by molar-refractivity contribution is 7.94. The van der Waals surface area contributed by atoms with Crippen LogP contribution >= 0.6 is 11.3 Å². The number of hydrogen-bond donors (Lipinski definition) is 3. The summed E-state index contributed by atoms with van der Waals surface area (Å²) in [4.78, 5) is 14.0. The molecule has 3 aromatic rings. The number of benzene rings is 1. The number of thiophene rings is 1. The zero-order chi connectivity index (χ0) is 25.7. The summed E-state index contributed by atoms with van der Waals surface area (Å²) in [5, 5.41) is 21.2. The van der Waals surface area contributed by atoms with E-state index in [2.05, 4.69) is 15.1 Å². The Bertz CT molecular complexity index is 1640. The van der Waals surface area contributed by atoms with Crippen molar-refractivity contribution in [1.82, 2.24) is 9.78 Å². The Hall–Kier alpha value is -3.16. The Morgan fingerprint density at radius 3 is 2.62 bits per heavy atom. The number of nitrogens with one attached hydrogen (secondary N) is 2. The average Bonchev–Trinajstić information content (AvgIpc) is 3.49. The quantitative estimate of drug-likeness (QED) is 0.406. The minimum atomic E-state index is -4.09. The third-order valence-corrected chi connectivity index (χ3v) is 9.17. The number of aromatic hydroxyl groups is 1. The lowest BCUT2D eigenvalue weighted by Gasteiger charge is -2.22. The molecular formula is C24H28N4O6S3. The fourth-order valence-corrected chi connectivity index (χ4v) is 7.19. The van der Waals surface area contributed by atoms with Crippen molar-refractivity contribution >= 4 is 48.3 Å². The molecule has 0 atom stereocenters. The van der Waals surface area contributed by atoms with Crippen LogP contribution in [0.15, 0.2) is 50.8 Å². The van der Waals surface area contributed by atoms with Gasteiger partial charge in [-0.15, -0.1) is 11.3 Å². The van der Waals surface area contributed by atoms with E-state index in [-0.39, 0.29) is 46.6 Å². The fourth-order valence-electron chi connectivity index (χ4n) is 4.60. The highest BCUT2D eigenvalue weighted by Crippen LogP contribution is 2.39. The molecule has 37 heavy (non-hydrogen) atoms. The minimum Gasteiger partial charge on any atom is -0.505 e. The Morgan fingerprint density at radius 2 is 1.97 bits per heavy atom. The molecule has 0 unspecified atom stereocenters. The first-order valence-corrected chi connectivity index (χ1v) is 15.6. The maximum Gasteiger partial charge on any atom is 0.279 e. The van der Waals surface area contributed by atoms with Crippen LogP contribution in [-0.2, 0) is 26.4 Å². The van der Waals surface area contributed by atoms with E-state index in [4.69, 9.17) is 0 Å². The smallest absolute Gasteiger partial charge is 0.279 e. The number of sulfone groups is 1. The summed E-state index contributed by atoms with van der Waals surface area (Å²) >= 11 is 1.35.